The zero-order valence-electron chi connectivity index (χ0n) is 11.3. The van der Waals surface area contributed by atoms with E-state index in [0.29, 0.717) is 17.0 Å². The van der Waals surface area contributed by atoms with E-state index in [4.69, 9.17) is 4.74 Å². The summed E-state index contributed by atoms with van der Waals surface area (Å²) in [5, 5.41) is 0. The molecule has 2 amide bonds. The average Bonchev–Trinajstić information content (AvgIpc) is 2.64. The lowest BCUT2D eigenvalue weighted by molar-refractivity contribution is -0.120. The van der Waals surface area contributed by atoms with E-state index in [1.807, 2.05) is 19.9 Å². The Bertz CT molecular complexity index is 529. The largest absolute Gasteiger partial charge is 0.497 e. The number of nitrogens with zero attached hydrogens (tertiary/aromatic N) is 1. The van der Waals surface area contributed by atoms with E-state index in [0.717, 1.165) is 0 Å². The topological polar surface area (TPSA) is 46.6 Å². The fraction of sp³-hybridized carbons (Fsp3) is 0.333. The standard InChI is InChI=1S/C15H17NO3/c1-10(2)8-11-9-14(17)16(15(11)18)12-4-6-13(19-3)7-5-12/h4-8,10H,9H2,1-3H3/b11-8-. The van der Waals surface area contributed by atoms with Crippen LogP contribution in [-0.2, 0) is 9.59 Å². The van der Waals surface area contributed by atoms with E-state index >= 15 is 0 Å². The van der Waals surface area contributed by atoms with Crippen LogP contribution in [0.5, 0.6) is 5.75 Å². The predicted molar refractivity (Wildman–Crippen MR) is 73.0 cm³/mol. The van der Waals surface area contributed by atoms with E-state index in [-0.39, 0.29) is 24.2 Å². The minimum absolute atomic E-state index is 0.179. The maximum Gasteiger partial charge on any atom is 0.261 e. The Kier molecular flexibility index (Phi) is 3.69. The zero-order chi connectivity index (χ0) is 14.0. The molecule has 4 nitrogen and oxygen atoms in total. The number of benzene rings is 1. The van der Waals surface area contributed by atoms with Gasteiger partial charge in [-0.15, -0.1) is 0 Å². The minimum Gasteiger partial charge on any atom is -0.497 e. The molecule has 0 radical (unpaired) electrons. The summed E-state index contributed by atoms with van der Waals surface area (Å²) < 4.78 is 5.06. The summed E-state index contributed by atoms with van der Waals surface area (Å²) in [6, 6.07) is 6.90. The Morgan fingerprint density at radius 1 is 1.21 bits per heavy atom. The highest BCUT2D eigenvalue weighted by Crippen LogP contribution is 2.28. The first-order valence-electron chi connectivity index (χ1n) is 6.25. The molecule has 0 aromatic heterocycles. The first-order chi connectivity index (χ1) is 9.02. The Balaban J connectivity index is 2.29. The molecule has 1 fully saturated rings. The van der Waals surface area contributed by atoms with Gasteiger partial charge in [-0.1, -0.05) is 19.9 Å². The second kappa shape index (κ2) is 5.26. The number of amides is 2. The van der Waals surface area contributed by atoms with Crippen LogP contribution in [0.25, 0.3) is 0 Å². The third kappa shape index (κ3) is 2.67. The van der Waals surface area contributed by atoms with Gasteiger partial charge in [-0.05, 0) is 30.2 Å². The lowest BCUT2D eigenvalue weighted by Crippen LogP contribution is -2.28. The van der Waals surface area contributed by atoms with E-state index in [1.165, 1.54) is 4.90 Å². The normalized spacial score (nSPS) is 17.7. The highest BCUT2D eigenvalue weighted by Gasteiger charge is 2.34. The first kappa shape index (κ1) is 13.3. The van der Waals surface area contributed by atoms with Crippen LogP contribution in [0.4, 0.5) is 5.69 Å². The van der Waals surface area contributed by atoms with Crippen molar-refractivity contribution in [2.75, 3.05) is 12.0 Å². The van der Waals surface area contributed by atoms with Gasteiger partial charge < -0.3 is 4.74 Å². The Labute approximate surface area is 112 Å². The van der Waals surface area contributed by atoms with Crippen molar-refractivity contribution in [2.24, 2.45) is 5.92 Å². The van der Waals surface area contributed by atoms with Crippen molar-refractivity contribution < 1.29 is 14.3 Å². The van der Waals surface area contributed by atoms with Gasteiger partial charge in [0, 0.05) is 5.57 Å². The molecule has 19 heavy (non-hydrogen) atoms. The van der Waals surface area contributed by atoms with E-state index in [1.54, 1.807) is 31.4 Å². The number of hydrogen-bond donors (Lipinski definition) is 0. The molecule has 0 atom stereocenters. The Morgan fingerprint density at radius 3 is 2.37 bits per heavy atom. The molecule has 2 rings (SSSR count). The second-order valence-electron chi connectivity index (χ2n) is 4.85. The van der Waals surface area contributed by atoms with Gasteiger partial charge in [0.1, 0.15) is 5.75 Å². The van der Waals surface area contributed by atoms with Crippen molar-refractivity contribution in [1.82, 2.24) is 0 Å². The number of imide groups is 1. The van der Waals surface area contributed by atoms with Crippen molar-refractivity contribution in [3.05, 3.63) is 35.9 Å². The third-order valence-electron chi connectivity index (χ3n) is 2.93. The molecular weight excluding hydrogens is 242 g/mol. The number of allylic oxidation sites excluding steroid dienone is 1. The highest BCUT2D eigenvalue weighted by atomic mass is 16.5. The molecular formula is C15H17NO3. The number of rotatable bonds is 3. The molecule has 0 bridgehead atoms. The van der Waals surface area contributed by atoms with Crippen LogP contribution in [0.1, 0.15) is 20.3 Å². The van der Waals surface area contributed by atoms with Gasteiger partial charge in [0.2, 0.25) is 5.91 Å². The molecule has 0 aliphatic carbocycles. The SMILES string of the molecule is COc1ccc(N2C(=O)C/C(=C/C(C)C)C2=O)cc1. The average molecular weight is 259 g/mol. The molecule has 0 spiro atoms. The smallest absolute Gasteiger partial charge is 0.261 e. The molecule has 0 N–H and O–H groups in total. The van der Waals surface area contributed by atoms with E-state index in [2.05, 4.69) is 0 Å². The van der Waals surface area contributed by atoms with Gasteiger partial charge in [0.05, 0.1) is 19.2 Å². The molecule has 0 saturated carbocycles. The molecule has 100 valence electrons. The Hall–Kier alpha value is -2.10. The first-order valence-corrected chi connectivity index (χ1v) is 6.25. The number of carbonyl (C=O) groups is 2. The molecule has 1 aromatic rings. The quantitative estimate of drug-likeness (QED) is 0.619. The fourth-order valence-electron chi connectivity index (χ4n) is 2.10. The number of carbonyl (C=O) groups excluding carboxylic acids is 2. The van der Waals surface area contributed by atoms with Crippen LogP contribution >= 0.6 is 0 Å². The summed E-state index contributed by atoms with van der Waals surface area (Å²) in [5.41, 5.74) is 1.17. The van der Waals surface area contributed by atoms with Gasteiger partial charge >= 0.3 is 0 Å². The summed E-state index contributed by atoms with van der Waals surface area (Å²) in [7, 11) is 1.57. The van der Waals surface area contributed by atoms with Crippen LogP contribution in [0.15, 0.2) is 35.9 Å². The van der Waals surface area contributed by atoms with E-state index < -0.39 is 0 Å². The van der Waals surface area contributed by atoms with Gasteiger partial charge in [-0.3, -0.25) is 9.59 Å². The van der Waals surface area contributed by atoms with Crippen molar-refractivity contribution >= 4 is 17.5 Å². The molecule has 0 unspecified atom stereocenters. The van der Waals surface area contributed by atoms with Gasteiger partial charge in [-0.25, -0.2) is 4.90 Å². The van der Waals surface area contributed by atoms with Crippen molar-refractivity contribution in [3.8, 4) is 5.75 Å². The molecule has 1 heterocycles. The van der Waals surface area contributed by atoms with Crippen LogP contribution < -0.4 is 9.64 Å². The zero-order valence-corrected chi connectivity index (χ0v) is 11.3. The van der Waals surface area contributed by atoms with Gasteiger partial charge in [-0.2, -0.15) is 0 Å². The summed E-state index contributed by atoms with van der Waals surface area (Å²) in [6.45, 7) is 3.97. The summed E-state index contributed by atoms with van der Waals surface area (Å²) in [6.07, 6.45) is 2.03. The minimum atomic E-state index is -0.219. The number of ether oxygens (including phenoxy) is 1. The number of methoxy groups -OCH3 is 1. The lowest BCUT2D eigenvalue weighted by atomic mass is 10.1. The lowest BCUT2D eigenvalue weighted by Gasteiger charge is -2.13. The van der Waals surface area contributed by atoms with Gasteiger partial charge in [0.15, 0.2) is 0 Å². The van der Waals surface area contributed by atoms with Gasteiger partial charge in [0.25, 0.3) is 5.91 Å². The van der Waals surface area contributed by atoms with Crippen LogP contribution in [0.3, 0.4) is 0 Å². The number of anilines is 1. The Morgan fingerprint density at radius 2 is 1.84 bits per heavy atom. The molecule has 1 aliphatic rings. The predicted octanol–water partition coefficient (Wildman–Crippen LogP) is 2.54. The third-order valence-corrected chi connectivity index (χ3v) is 2.93. The van der Waals surface area contributed by atoms with Crippen molar-refractivity contribution in [1.29, 1.82) is 0 Å². The molecule has 1 aromatic carbocycles. The maximum absolute atomic E-state index is 12.2. The summed E-state index contributed by atoms with van der Waals surface area (Å²) in [4.78, 5) is 25.4. The van der Waals surface area contributed by atoms with Crippen LogP contribution in [0.2, 0.25) is 0 Å². The number of hydrogen-bond acceptors (Lipinski definition) is 3. The molecule has 4 heteroatoms. The molecule has 1 aliphatic heterocycles. The highest BCUT2D eigenvalue weighted by molar-refractivity contribution is 6.28. The second-order valence-corrected chi connectivity index (χ2v) is 4.85. The summed E-state index contributed by atoms with van der Waals surface area (Å²) >= 11 is 0. The van der Waals surface area contributed by atoms with Crippen molar-refractivity contribution in [2.45, 2.75) is 20.3 Å². The fourth-order valence-corrected chi connectivity index (χ4v) is 2.10. The monoisotopic (exact) mass is 259 g/mol. The summed E-state index contributed by atoms with van der Waals surface area (Å²) in [5.74, 6) is 0.550. The molecule has 1 saturated heterocycles. The maximum atomic E-state index is 12.2. The van der Waals surface area contributed by atoms with E-state index in [9.17, 15) is 9.59 Å². The van der Waals surface area contributed by atoms with Crippen molar-refractivity contribution in [3.63, 3.8) is 0 Å². The van der Waals surface area contributed by atoms with Crippen LogP contribution in [0, 0.1) is 5.92 Å². The van der Waals surface area contributed by atoms with Crippen LogP contribution in [-0.4, -0.2) is 18.9 Å².